The fourth-order valence-electron chi connectivity index (χ4n) is 4.63. The van der Waals surface area contributed by atoms with E-state index in [9.17, 15) is 13.2 Å². The van der Waals surface area contributed by atoms with Gasteiger partial charge in [-0.3, -0.25) is 4.79 Å². The van der Waals surface area contributed by atoms with Crippen LogP contribution in [0.3, 0.4) is 0 Å². The van der Waals surface area contributed by atoms with Crippen LogP contribution in [0.4, 0.5) is 0 Å². The molecule has 1 unspecified atom stereocenters. The van der Waals surface area contributed by atoms with E-state index in [1.165, 1.54) is 15.9 Å². The number of nitrogens with zero attached hydrogens (tertiary/aromatic N) is 2. The molecule has 166 valence electrons. The van der Waals surface area contributed by atoms with Crippen LogP contribution in [0.15, 0.2) is 53.4 Å². The summed E-state index contributed by atoms with van der Waals surface area (Å²) in [7, 11) is -3.70. The highest BCUT2D eigenvalue weighted by molar-refractivity contribution is 7.89. The van der Waals surface area contributed by atoms with Crippen molar-refractivity contribution in [2.75, 3.05) is 19.6 Å². The maximum Gasteiger partial charge on any atom is 0.254 e. The molecule has 2 heterocycles. The molecule has 2 fully saturated rings. The van der Waals surface area contributed by atoms with Gasteiger partial charge in [0.1, 0.15) is 4.90 Å². The number of likely N-dealkylation sites (tertiary alicyclic amines) is 1. The predicted molar refractivity (Wildman–Crippen MR) is 123 cm³/mol. The van der Waals surface area contributed by atoms with Crippen LogP contribution in [-0.2, 0) is 16.4 Å². The van der Waals surface area contributed by atoms with Crippen molar-refractivity contribution in [1.29, 1.82) is 0 Å². The molecule has 0 saturated carbocycles. The van der Waals surface area contributed by atoms with Gasteiger partial charge >= 0.3 is 0 Å². The first-order valence-electron chi connectivity index (χ1n) is 11.1. The number of hydrogen-bond donors (Lipinski definition) is 0. The van der Waals surface area contributed by atoms with Gasteiger partial charge in [-0.1, -0.05) is 48.4 Å². The monoisotopic (exact) mass is 460 g/mol. The number of piperidine rings is 1. The van der Waals surface area contributed by atoms with Gasteiger partial charge in [0.2, 0.25) is 10.0 Å². The summed E-state index contributed by atoms with van der Waals surface area (Å²) in [6, 6.07) is 15.1. The number of halogens is 1. The van der Waals surface area contributed by atoms with Gasteiger partial charge < -0.3 is 4.90 Å². The Morgan fingerprint density at radius 2 is 1.71 bits per heavy atom. The summed E-state index contributed by atoms with van der Waals surface area (Å²) in [5.41, 5.74) is 1.66. The molecule has 0 aliphatic carbocycles. The summed E-state index contributed by atoms with van der Waals surface area (Å²) in [5, 5.41) is 0.171. The van der Waals surface area contributed by atoms with E-state index in [2.05, 4.69) is 12.1 Å². The molecule has 2 aromatic rings. The number of hydrogen-bond acceptors (Lipinski definition) is 3. The molecule has 0 radical (unpaired) electrons. The van der Waals surface area contributed by atoms with Crippen LogP contribution in [-0.4, -0.2) is 49.2 Å². The van der Waals surface area contributed by atoms with E-state index in [0.29, 0.717) is 25.2 Å². The lowest BCUT2D eigenvalue weighted by molar-refractivity contribution is 0.0730. The largest absolute Gasteiger partial charge is 0.336 e. The summed E-state index contributed by atoms with van der Waals surface area (Å²) in [6.45, 7) is 1.71. The summed E-state index contributed by atoms with van der Waals surface area (Å²) in [4.78, 5) is 15.3. The zero-order valence-electron chi connectivity index (χ0n) is 17.7. The average molecular weight is 461 g/mol. The summed E-state index contributed by atoms with van der Waals surface area (Å²) in [5.74, 6) is -0.109. The Hall–Kier alpha value is -1.89. The lowest BCUT2D eigenvalue weighted by atomic mass is 10.0. The number of carbonyl (C=O) groups is 1. The van der Waals surface area contributed by atoms with Crippen LogP contribution in [0.2, 0.25) is 5.02 Å². The molecule has 0 aromatic heterocycles. The Morgan fingerprint density at radius 3 is 2.45 bits per heavy atom. The molecule has 1 amide bonds. The molecule has 4 rings (SSSR count). The lowest BCUT2D eigenvalue weighted by Gasteiger charge is -2.27. The highest BCUT2D eigenvalue weighted by atomic mass is 35.5. The van der Waals surface area contributed by atoms with Crippen molar-refractivity contribution in [3.8, 4) is 0 Å². The number of rotatable bonds is 6. The first-order chi connectivity index (χ1) is 15.0. The highest BCUT2D eigenvalue weighted by Gasteiger charge is 2.32. The molecule has 7 heteroatoms. The topological polar surface area (TPSA) is 57.7 Å². The van der Waals surface area contributed by atoms with Crippen LogP contribution in [0.5, 0.6) is 0 Å². The predicted octanol–water partition coefficient (Wildman–Crippen LogP) is 4.75. The van der Waals surface area contributed by atoms with Gasteiger partial charge in [-0.05, 0) is 62.3 Å². The molecule has 0 bridgehead atoms. The third kappa shape index (κ3) is 4.97. The first kappa shape index (κ1) is 22.3. The average Bonchev–Trinajstić information content (AvgIpc) is 3.27. The minimum Gasteiger partial charge on any atom is -0.336 e. The van der Waals surface area contributed by atoms with Crippen molar-refractivity contribution in [3.63, 3.8) is 0 Å². The van der Waals surface area contributed by atoms with Crippen LogP contribution >= 0.6 is 11.6 Å². The zero-order chi connectivity index (χ0) is 21.8. The molecule has 31 heavy (non-hydrogen) atoms. The van der Waals surface area contributed by atoms with E-state index in [1.807, 2.05) is 23.1 Å². The fraction of sp³-hybridized carbons (Fsp3) is 0.458. The highest BCUT2D eigenvalue weighted by Crippen LogP contribution is 2.30. The molecule has 2 aromatic carbocycles. The van der Waals surface area contributed by atoms with Gasteiger partial charge in [0.25, 0.3) is 5.91 Å². The number of sulfonamides is 1. The molecular weight excluding hydrogens is 432 g/mol. The van der Waals surface area contributed by atoms with Crippen molar-refractivity contribution < 1.29 is 13.2 Å². The van der Waals surface area contributed by atoms with Crippen molar-refractivity contribution in [2.24, 2.45) is 0 Å². The molecule has 5 nitrogen and oxygen atoms in total. The van der Waals surface area contributed by atoms with E-state index in [1.54, 1.807) is 12.1 Å². The minimum atomic E-state index is -3.70. The van der Waals surface area contributed by atoms with Gasteiger partial charge in [0.15, 0.2) is 0 Å². The maximum absolute atomic E-state index is 13.3. The van der Waals surface area contributed by atoms with E-state index < -0.39 is 10.0 Å². The number of carbonyl (C=O) groups excluding carboxylic acids is 1. The van der Waals surface area contributed by atoms with Gasteiger partial charge in [0, 0.05) is 31.2 Å². The van der Waals surface area contributed by atoms with Crippen molar-refractivity contribution in [2.45, 2.75) is 55.9 Å². The standard InChI is InChI=1S/C24H29ClN2O3S/c25-22-14-12-20(18-23(22)31(29,30)26-15-5-2-6-16-26)24(28)27-17-7-10-21(27)13-11-19-8-3-1-4-9-19/h1,3-4,8-9,12,14,18,21H,2,5-7,10-11,13,15-17H2. The first-order valence-corrected chi connectivity index (χ1v) is 12.9. The molecule has 2 saturated heterocycles. The fourth-order valence-corrected chi connectivity index (χ4v) is 6.64. The third-order valence-corrected chi connectivity index (χ3v) is 8.74. The van der Waals surface area contributed by atoms with Crippen LogP contribution < -0.4 is 0 Å². The van der Waals surface area contributed by atoms with Crippen LogP contribution in [0, 0.1) is 0 Å². The van der Waals surface area contributed by atoms with Gasteiger partial charge in [-0.25, -0.2) is 8.42 Å². The second kappa shape index (κ2) is 9.72. The van der Waals surface area contributed by atoms with Gasteiger partial charge in [0.05, 0.1) is 5.02 Å². The van der Waals surface area contributed by atoms with Crippen molar-refractivity contribution in [1.82, 2.24) is 9.21 Å². The van der Waals surface area contributed by atoms with E-state index in [-0.39, 0.29) is 21.9 Å². The SMILES string of the molecule is O=C(c1ccc(Cl)c(S(=O)(=O)N2CCCCC2)c1)N1CCCC1CCc1ccccc1. The molecular formula is C24H29ClN2O3S. The molecule has 0 N–H and O–H groups in total. The van der Waals surface area contributed by atoms with E-state index in [4.69, 9.17) is 11.6 Å². The minimum absolute atomic E-state index is 0.0435. The molecule has 2 aliphatic heterocycles. The summed E-state index contributed by atoms with van der Waals surface area (Å²) >= 11 is 6.28. The molecule has 0 spiro atoms. The number of aryl methyl sites for hydroxylation is 1. The van der Waals surface area contributed by atoms with E-state index in [0.717, 1.165) is 44.9 Å². The summed E-state index contributed by atoms with van der Waals surface area (Å²) in [6.07, 6.45) is 6.52. The molecule has 2 aliphatic rings. The Bertz CT molecular complexity index is 1020. The second-order valence-electron chi connectivity index (χ2n) is 8.43. The number of benzene rings is 2. The van der Waals surface area contributed by atoms with Gasteiger partial charge in [-0.15, -0.1) is 0 Å². The van der Waals surface area contributed by atoms with Crippen LogP contribution in [0.1, 0.15) is 54.4 Å². The Morgan fingerprint density at radius 1 is 0.968 bits per heavy atom. The third-order valence-electron chi connectivity index (χ3n) is 6.36. The zero-order valence-corrected chi connectivity index (χ0v) is 19.2. The summed E-state index contributed by atoms with van der Waals surface area (Å²) < 4.78 is 27.8. The van der Waals surface area contributed by atoms with Crippen molar-refractivity contribution in [3.05, 3.63) is 64.7 Å². The Kier molecular flexibility index (Phi) is 6.99. The second-order valence-corrected chi connectivity index (χ2v) is 10.7. The maximum atomic E-state index is 13.3. The quantitative estimate of drug-likeness (QED) is 0.624. The Balaban J connectivity index is 1.52. The normalized spacial score (nSPS) is 20.2. The number of amides is 1. The van der Waals surface area contributed by atoms with Crippen molar-refractivity contribution >= 4 is 27.5 Å². The van der Waals surface area contributed by atoms with Crippen LogP contribution in [0.25, 0.3) is 0 Å². The lowest BCUT2D eigenvalue weighted by Crippen LogP contribution is -2.37. The smallest absolute Gasteiger partial charge is 0.254 e. The van der Waals surface area contributed by atoms with E-state index >= 15 is 0 Å². The van der Waals surface area contributed by atoms with Gasteiger partial charge in [-0.2, -0.15) is 4.31 Å². The Labute approximate surface area is 190 Å². The molecule has 1 atom stereocenters.